The highest BCUT2D eigenvalue weighted by molar-refractivity contribution is 5.71. The van der Waals surface area contributed by atoms with Gasteiger partial charge in [0, 0.05) is 6.07 Å². The fourth-order valence-electron chi connectivity index (χ4n) is 1.43. The van der Waals surface area contributed by atoms with Crippen molar-refractivity contribution < 1.29 is 36.2 Å². The fourth-order valence-corrected chi connectivity index (χ4v) is 1.43. The maximum absolute atomic E-state index is 12.6. The van der Waals surface area contributed by atoms with E-state index in [0.29, 0.717) is 0 Å². The first kappa shape index (κ1) is 15.3. The highest BCUT2D eigenvalue weighted by Crippen LogP contribution is 2.36. The van der Waals surface area contributed by atoms with Gasteiger partial charge in [0.25, 0.3) is 0 Å². The third kappa shape index (κ3) is 3.18. The lowest BCUT2D eigenvalue weighted by Crippen LogP contribution is -2.25. The molecule has 0 saturated heterocycles. The van der Waals surface area contributed by atoms with Crippen molar-refractivity contribution in [1.82, 2.24) is 9.78 Å². The van der Waals surface area contributed by atoms with Crippen molar-refractivity contribution in [1.29, 1.82) is 0 Å². The Balaban J connectivity index is 3.44. The van der Waals surface area contributed by atoms with Crippen LogP contribution in [0.2, 0.25) is 0 Å². The lowest BCUT2D eigenvalue weighted by molar-refractivity contribution is -0.150. The van der Waals surface area contributed by atoms with Crippen LogP contribution in [-0.4, -0.2) is 20.9 Å². The summed E-state index contributed by atoms with van der Waals surface area (Å²) in [6.07, 6.45) is -10.5. The molecule has 1 aromatic rings. The summed E-state index contributed by atoms with van der Waals surface area (Å²) in [5.41, 5.74) is -3.52. The lowest BCUT2D eigenvalue weighted by atomic mass is 10.2. The first-order chi connectivity index (χ1) is 8.48. The van der Waals surface area contributed by atoms with Crippen LogP contribution in [0.25, 0.3) is 0 Å². The van der Waals surface area contributed by atoms with Gasteiger partial charge in [-0.25, -0.2) is 9.48 Å². The SMILES string of the molecule is CCC(C(=O)O)n1nc(C(F)(F)F)cc1C(F)(F)F. The van der Waals surface area contributed by atoms with E-state index in [-0.39, 0.29) is 17.2 Å². The number of hydrogen-bond donors (Lipinski definition) is 1. The molecule has 1 N–H and O–H groups in total. The number of carboxylic acid groups (broad SMARTS) is 1. The molecule has 0 spiro atoms. The number of nitrogens with zero attached hydrogens (tertiary/aromatic N) is 2. The second-order valence-corrected chi connectivity index (χ2v) is 3.62. The molecule has 19 heavy (non-hydrogen) atoms. The Kier molecular flexibility index (Phi) is 3.82. The van der Waals surface area contributed by atoms with Gasteiger partial charge in [-0.05, 0) is 6.42 Å². The largest absolute Gasteiger partial charge is 0.480 e. The van der Waals surface area contributed by atoms with Gasteiger partial charge in [0.05, 0.1) is 0 Å². The first-order valence-electron chi connectivity index (χ1n) is 4.95. The maximum atomic E-state index is 12.6. The molecule has 0 aromatic carbocycles. The average molecular weight is 290 g/mol. The Hall–Kier alpha value is -1.74. The van der Waals surface area contributed by atoms with E-state index in [2.05, 4.69) is 5.10 Å². The van der Waals surface area contributed by atoms with E-state index in [1.165, 1.54) is 6.92 Å². The van der Waals surface area contributed by atoms with Crippen LogP contribution < -0.4 is 0 Å². The minimum Gasteiger partial charge on any atom is -0.480 e. The van der Waals surface area contributed by atoms with Crippen molar-refractivity contribution in [2.45, 2.75) is 31.7 Å². The van der Waals surface area contributed by atoms with Crippen LogP contribution in [0, 0.1) is 0 Å². The van der Waals surface area contributed by atoms with Crippen LogP contribution in [0.1, 0.15) is 30.8 Å². The molecule has 0 fully saturated rings. The minimum atomic E-state index is -5.13. The van der Waals surface area contributed by atoms with E-state index >= 15 is 0 Å². The van der Waals surface area contributed by atoms with Gasteiger partial charge < -0.3 is 5.11 Å². The van der Waals surface area contributed by atoms with Gasteiger partial charge in [-0.2, -0.15) is 31.4 Å². The standard InChI is InChI=1S/C9H8F6N2O2/c1-2-4(7(18)19)17-6(9(13,14)15)3-5(16-17)8(10,11)12/h3-4H,2H2,1H3,(H,18,19). The molecule has 0 bridgehead atoms. The van der Waals surface area contributed by atoms with E-state index in [1.54, 1.807) is 0 Å². The highest BCUT2D eigenvalue weighted by Gasteiger charge is 2.43. The van der Waals surface area contributed by atoms with Crippen molar-refractivity contribution in [3.05, 3.63) is 17.5 Å². The zero-order valence-corrected chi connectivity index (χ0v) is 9.38. The second kappa shape index (κ2) is 4.74. The maximum Gasteiger partial charge on any atom is 0.435 e. The van der Waals surface area contributed by atoms with Crippen LogP contribution in [0.3, 0.4) is 0 Å². The number of alkyl halides is 6. The molecule has 1 unspecified atom stereocenters. The van der Waals surface area contributed by atoms with Gasteiger partial charge in [0.15, 0.2) is 5.69 Å². The molecule has 1 aromatic heterocycles. The highest BCUT2D eigenvalue weighted by atomic mass is 19.4. The van der Waals surface area contributed by atoms with Gasteiger partial charge in [-0.3, -0.25) is 0 Å². The molecule has 10 heteroatoms. The van der Waals surface area contributed by atoms with Gasteiger partial charge >= 0.3 is 18.3 Å². The molecule has 0 amide bonds. The summed E-state index contributed by atoms with van der Waals surface area (Å²) in [6, 6.07) is -2.02. The average Bonchev–Trinajstić information content (AvgIpc) is 2.61. The predicted molar refractivity (Wildman–Crippen MR) is 49.2 cm³/mol. The van der Waals surface area contributed by atoms with Crippen LogP contribution in [-0.2, 0) is 17.1 Å². The van der Waals surface area contributed by atoms with Crippen LogP contribution in [0.15, 0.2) is 6.07 Å². The molecule has 0 aliphatic rings. The molecule has 1 atom stereocenters. The van der Waals surface area contributed by atoms with E-state index in [1.807, 2.05) is 0 Å². The van der Waals surface area contributed by atoms with E-state index in [9.17, 15) is 31.1 Å². The van der Waals surface area contributed by atoms with Gasteiger partial charge in [-0.15, -0.1) is 0 Å². The van der Waals surface area contributed by atoms with Gasteiger partial charge in [0.2, 0.25) is 0 Å². The monoisotopic (exact) mass is 290 g/mol. The number of carboxylic acids is 1. The lowest BCUT2D eigenvalue weighted by Gasteiger charge is -2.15. The molecule has 0 aliphatic carbocycles. The summed E-state index contributed by atoms with van der Waals surface area (Å²) >= 11 is 0. The third-order valence-electron chi connectivity index (χ3n) is 2.28. The number of rotatable bonds is 3. The zero-order valence-electron chi connectivity index (χ0n) is 9.38. The molecule has 108 valence electrons. The summed E-state index contributed by atoms with van der Waals surface area (Å²) in [4.78, 5) is 10.8. The number of hydrogen-bond acceptors (Lipinski definition) is 2. The van der Waals surface area contributed by atoms with Crippen molar-refractivity contribution >= 4 is 5.97 Å². The molecule has 1 heterocycles. The molecule has 0 saturated carbocycles. The Morgan fingerprint density at radius 1 is 1.32 bits per heavy atom. The smallest absolute Gasteiger partial charge is 0.435 e. The van der Waals surface area contributed by atoms with E-state index in [0.717, 1.165) is 0 Å². The zero-order chi connectivity index (χ0) is 15.0. The van der Waals surface area contributed by atoms with Crippen molar-refractivity contribution in [3.8, 4) is 0 Å². The van der Waals surface area contributed by atoms with Crippen molar-refractivity contribution in [3.63, 3.8) is 0 Å². The molecule has 0 aliphatic heterocycles. The van der Waals surface area contributed by atoms with Gasteiger partial charge in [-0.1, -0.05) is 6.92 Å². The molecule has 1 rings (SSSR count). The van der Waals surface area contributed by atoms with Crippen molar-refractivity contribution in [2.24, 2.45) is 0 Å². The Morgan fingerprint density at radius 3 is 2.16 bits per heavy atom. The summed E-state index contributed by atoms with van der Waals surface area (Å²) in [6.45, 7) is 1.23. The Bertz CT molecular complexity index is 476. The quantitative estimate of drug-likeness (QED) is 0.871. The van der Waals surface area contributed by atoms with Crippen molar-refractivity contribution in [2.75, 3.05) is 0 Å². The van der Waals surface area contributed by atoms with Crippen LogP contribution >= 0.6 is 0 Å². The van der Waals surface area contributed by atoms with Crippen LogP contribution in [0.4, 0.5) is 26.3 Å². The Labute approximate surface area is 102 Å². The summed E-state index contributed by atoms with van der Waals surface area (Å²) in [5.74, 6) is -1.69. The summed E-state index contributed by atoms with van der Waals surface area (Å²) in [7, 11) is 0. The van der Waals surface area contributed by atoms with Crippen LogP contribution in [0.5, 0.6) is 0 Å². The summed E-state index contributed by atoms with van der Waals surface area (Å²) < 4.78 is 74.7. The number of aromatic nitrogens is 2. The molecule has 0 radical (unpaired) electrons. The number of carbonyl (C=O) groups is 1. The third-order valence-corrected chi connectivity index (χ3v) is 2.28. The van der Waals surface area contributed by atoms with E-state index in [4.69, 9.17) is 5.11 Å². The minimum absolute atomic E-state index is 0.148. The van der Waals surface area contributed by atoms with Gasteiger partial charge in [0.1, 0.15) is 11.7 Å². The number of aliphatic carboxylic acids is 1. The molecule has 4 nitrogen and oxygen atoms in total. The fraction of sp³-hybridized carbons (Fsp3) is 0.556. The molecular weight excluding hydrogens is 282 g/mol. The number of halogens is 6. The molecular formula is C9H8F6N2O2. The predicted octanol–water partition coefficient (Wildman–Crippen LogP) is 2.96. The second-order valence-electron chi connectivity index (χ2n) is 3.62. The Morgan fingerprint density at radius 2 is 1.84 bits per heavy atom. The summed E-state index contributed by atoms with van der Waals surface area (Å²) in [5, 5.41) is 11.5. The van der Waals surface area contributed by atoms with E-state index < -0.39 is 35.8 Å². The normalized spacial score (nSPS) is 14.5. The first-order valence-corrected chi connectivity index (χ1v) is 4.95. The topological polar surface area (TPSA) is 55.1 Å².